The molecular formula is C11H15NO2S. The predicted molar refractivity (Wildman–Crippen MR) is 60.4 cm³/mol. The zero-order valence-corrected chi connectivity index (χ0v) is 9.87. The molecule has 0 aromatic heterocycles. The quantitative estimate of drug-likeness (QED) is 0.645. The van der Waals surface area contributed by atoms with Crippen molar-refractivity contribution in [3.8, 4) is 0 Å². The number of allylic oxidation sites excluding steroid dienone is 1. The van der Waals surface area contributed by atoms with Crippen molar-refractivity contribution in [3.63, 3.8) is 0 Å². The minimum atomic E-state index is -0.229. The number of imide groups is 1. The third kappa shape index (κ3) is 2.25. The number of thioether (sulfide) groups is 1. The van der Waals surface area contributed by atoms with Crippen LogP contribution in [0.5, 0.6) is 0 Å². The number of nitrogens with one attached hydrogen (secondary N) is 1. The van der Waals surface area contributed by atoms with Crippen LogP contribution in [0, 0.1) is 5.41 Å². The first-order valence-electron chi connectivity index (χ1n) is 5.23. The van der Waals surface area contributed by atoms with Gasteiger partial charge < -0.3 is 0 Å². The maximum absolute atomic E-state index is 11.4. The lowest BCUT2D eigenvalue weighted by molar-refractivity contribution is -0.115. The Kier molecular flexibility index (Phi) is 2.63. The molecule has 3 nitrogen and oxygen atoms in total. The van der Waals surface area contributed by atoms with Gasteiger partial charge in [-0.15, -0.1) is 0 Å². The Morgan fingerprint density at radius 3 is 2.27 bits per heavy atom. The van der Waals surface area contributed by atoms with Crippen molar-refractivity contribution >= 4 is 22.9 Å². The van der Waals surface area contributed by atoms with Crippen molar-refractivity contribution in [1.29, 1.82) is 0 Å². The van der Waals surface area contributed by atoms with Crippen LogP contribution in [0.3, 0.4) is 0 Å². The average molecular weight is 225 g/mol. The number of hydrogen-bond donors (Lipinski definition) is 1. The predicted octanol–water partition coefficient (Wildman–Crippen LogP) is 2.82. The lowest BCUT2D eigenvalue weighted by Gasteiger charge is -2.31. The molecule has 82 valence electrons. The fourth-order valence-electron chi connectivity index (χ4n) is 2.00. The van der Waals surface area contributed by atoms with E-state index < -0.39 is 0 Å². The van der Waals surface area contributed by atoms with E-state index in [4.69, 9.17) is 0 Å². The molecule has 0 aromatic rings. The monoisotopic (exact) mass is 225 g/mol. The summed E-state index contributed by atoms with van der Waals surface area (Å²) in [7, 11) is 0. The van der Waals surface area contributed by atoms with E-state index in [-0.39, 0.29) is 11.1 Å². The molecule has 1 aliphatic heterocycles. The summed E-state index contributed by atoms with van der Waals surface area (Å²) in [4.78, 5) is 23.1. The third-order valence-electron chi connectivity index (χ3n) is 3.14. The summed E-state index contributed by atoms with van der Waals surface area (Å²) in [6.07, 6.45) is 4.12. The number of rotatable bonds is 0. The third-order valence-corrected chi connectivity index (χ3v) is 4.11. The second-order valence-electron chi connectivity index (χ2n) is 4.94. The maximum Gasteiger partial charge on any atom is 0.290 e. The van der Waals surface area contributed by atoms with Gasteiger partial charge >= 0.3 is 0 Å². The van der Waals surface area contributed by atoms with Crippen molar-refractivity contribution in [2.24, 2.45) is 5.41 Å². The van der Waals surface area contributed by atoms with Crippen LogP contribution >= 0.6 is 11.8 Å². The van der Waals surface area contributed by atoms with Gasteiger partial charge in [-0.1, -0.05) is 19.4 Å². The second-order valence-corrected chi connectivity index (χ2v) is 5.92. The Morgan fingerprint density at radius 1 is 1.20 bits per heavy atom. The van der Waals surface area contributed by atoms with Crippen LogP contribution in [-0.4, -0.2) is 11.1 Å². The summed E-state index contributed by atoms with van der Waals surface area (Å²) in [5, 5.41) is 2.08. The van der Waals surface area contributed by atoms with E-state index in [0.717, 1.165) is 37.4 Å². The Balaban J connectivity index is 2.15. The van der Waals surface area contributed by atoms with E-state index in [0.29, 0.717) is 10.3 Å². The number of hydrogen-bond acceptors (Lipinski definition) is 3. The van der Waals surface area contributed by atoms with Gasteiger partial charge in [0.1, 0.15) is 0 Å². The number of amides is 2. The molecule has 2 aliphatic rings. The molecule has 1 aliphatic carbocycles. The molecule has 2 rings (SSSR count). The Hall–Kier alpha value is -0.770. The van der Waals surface area contributed by atoms with Gasteiger partial charge in [0, 0.05) is 0 Å². The number of carbonyl (C=O) groups is 2. The molecule has 0 atom stereocenters. The topological polar surface area (TPSA) is 46.2 Å². The maximum atomic E-state index is 11.4. The second kappa shape index (κ2) is 3.67. The van der Waals surface area contributed by atoms with E-state index >= 15 is 0 Å². The highest BCUT2D eigenvalue weighted by molar-refractivity contribution is 8.18. The van der Waals surface area contributed by atoms with Crippen LogP contribution in [0.15, 0.2) is 10.5 Å². The molecule has 0 spiro atoms. The van der Waals surface area contributed by atoms with Gasteiger partial charge in [-0.05, 0) is 42.9 Å². The minimum Gasteiger partial charge on any atom is -0.282 e. The van der Waals surface area contributed by atoms with Crippen LogP contribution < -0.4 is 5.32 Å². The Morgan fingerprint density at radius 2 is 1.80 bits per heavy atom. The van der Waals surface area contributed by atoms with Gasteiger partial charge in [-0.2, -0.15) is 0 Å². The molecule has 0 aromatic carbocycles. The van der Waals surface area contributed by atoms with Crippen molar-refractivity contribution in [1.82, 2.24) is 5.32 Å². The molecule has 0 bridgehead atoms. The van der Waals surface area contributed by atoms with E-state index in [1.54, 1.807) is 0 Å². The summed E-state index contributed by atoms with van der Waals surface area (Å²) < 4.78 is 0. The Bertz CT molecular complexity index is 346. The molecule has 1 heterocycles. The summed E-state index contributed by atoms with van der Waals surface area (Å²) in [6, 6.07) is 0. The normalized spacial score (nSPS) is 25.7. The standard InChI is InChI=1S/C11H15NO2S/c1-11(2)5-3-7(4-6-11)8-9(13)12-10(14)15-8/h3-6H2,1-2H3,(H,12,13,14). The highest BCUT2D eigenvalue weighted by Crippen LogP contribution is 2.41. The van der Waals surface area contributed by atoms with Crippen LogP contribution in [0.4, 0.5) is 4.79 Å². The van der Waals surface area contributed by atoms with E-state index in [1.807, 2.05) is 0 Å². The molecule has 4 heteroatoms. The zero-order valence-electron chi connectivity index (χ0n) is 9.05. The molecule has 1 saturated carbocycles. The van der Waals surface area contributed by atoms with E-state index in [2.05, 4.69) is 19.2 Å². The first-order valence-corrected chi connectivity index (χ1v) is 6.05. The van der Waals surface area contributed by atoms with Crippen LogP contribution in [0.1, 0.15) is 39.5 Å². The first kappa shape index (κ1) is 10.7. The Labute approximate surface area is 93.7 Å². The summed E-state index contributed by atoms with van der Waals surface area (Å²) >= 11 is 1.06. The number of carbonyl (C=O) groups excluding carboxylic acids is 2. The molecule has 0 unspecified atom stereocenters. The first-order chi connectivity index (χ1) is 6.98. The van der Waals surface area contributed by atoms with Gasteiger partial charge in [0.25, 0.3) is 11.1 Å². The SMILES string of the molecule is CC1(C)CCC(=C2SC(=O)NC2=O)CC1. The van der Waals surface area contributed by atoms with Crippen molar-refractivity contribution in [2.75, 3.05) is 0 Å². The van der Waals surface area contributed by atoms with E-state index in [9.17, 15) is 9.59 Å². The molecule has 15 heavy (non-hydrogen) atoms. The van der Waals surface area contributed by atoms with Crippen molar-refractivity contribution < 1.29 is 9.59 Å². The summed E-state index contributed by atoms with van der Waals surface area (Å²) in [6.45, 7) is 4.50. The highest BCUT2D eigenvalue weighted by atomic mass is 32.2. The average Bonchev–Trinajstić information content (AvgIpc) is 2.45. The molecule has 1 saturated heterocycles. The van der Waals surface area contributed by atoms with Crippen molar-refractivity contribution in [3.05, 3.63) is 10.5 Å². The smallest absolute Gasteiger partial charge is 0.282 e. The highest BCUT2D eigenvalue weighted by Gasteiger charge is 2.32. The van der Waals surface area contributed by atoms with Crippen LogP contribution in [-0.2, 0) is 4.79 Å². The minimum absolute atomic E-state index is 0.195. The summed E-state index contributed by atoms with van der Waals surface area (Å²) in [5.41, 5.74) is 1.55. The van der Waals surface area contributed by atoms with Gasteiger partial charge in [0.15, 0.2) is 0 Å². The summed E-state index contributed by atoms with van der Waals surface area (Å²) in [5.74, 6) is -0.195. The van der Waals surface area contributed by atoms with Gasteiger partial charge in [-0.25, -0.2) is 0 Å². The lowest BCUT2D eigenvalue weighted by atomic mass is 9.75. The molecular weight excluding hydrogens is 210 g/mol. The fourth-order valence-corrected chi connectivity index (χ4v) is 2.82. The van der Waals surface area contributed by atoms with Gasteiger partial charge in [0.05, 0.1) is 4.91 Å². The lowest BCUT2D eigenvalue weighted by Crippen LogP contribution is -2.21. The van der Waals surface area contributed by atoms with Crippen molar-refractivity contribution in [2.45, 2.75) is 39.5 Å². The fraction of sp³-hybridized carbons (Fsp3) is 0.636. The molecule has 0 radical (unpaired) electrons. The largest absolute Gasteiger partial charge is 0.290 e. The van der Waals surface area contributed by atoms with E-state index in [1.165, 1.54) is 5.57 Å². The van der Waals surface area contributed by atoms with Gasteiger partial charge in [-0.3, -0.25) is 14.9 Å². The molecule has 2 fully saturated rings. The van der Waals surface area contributed by atoms with Crippen LogP contribution in [0.2, 0.25) is 0 Å². The molecule has 1 N–H and O–H groups in total. The molecule has 2 amide bonds. The zero-order chi connectivity index (χ0) is 11.1. The van der Waals surface area contributed by atoms with Gasteiger partial charge in [0.2, 0.25) is 0 Å². The van der Waals surface area contributed by atoms with Crippen LogP contribution in [0.25, 0.3) is 0 Å².